The molecule has 0 aromatic heterocycles. The van der Waals surface area contributed by atoms with E-state index in [2.05, 4.69) is 22.1 Å². The van der Waals surface area contributed by atoms with Crippen molar-refractivity contribution in [3.05, 3.63) is 41.2 Å². The molecule has 1 aromatic rings. The first-order valence-electron chi connectivity index (χ1n) is 3.37. The van der Waals surface area contributed by atoms with E-state index in [-0.39, 0.29) is 0 Å². The van der Waals surface area contributed by atoms with Gasteiger partial charge in [-0.1, -0.05) is 24.3 Å². The van der Waals surface area contributed by atoms with E-state index in [1.165, 1.54) is 12.1 Å². The van der Waals surface area contributed by atoms with Crippen LogP contribution < -0.4 is 0 Å². The van der Waals surface area contributed by atoms with Gasteiger partial charge in [0.15, 0.2) is 5.69 Å². The van der Waals surface area contributed by atoms with E-state index in [1.807, 2.05) is 5.16 Å². The number of nitrogens with zero attached hydrogens (tertiary/aromatic N) is 2. The summed E-state index contributed by atoms with van der Waals surface area (Å²) < 4.78 is 0. The molecule has 0 N–H and O–H groups in total. The largest absolute Gasteiger partial charge is 0.285 e. The van der Waals surface area contributed by atoms with Crippen LogP contribution in [-0.4, -0.2) is 11.1 Å². The fourth-order valence-corrected chi connectivity index (χ4v) is 0.867. The Hall–Kier alpha value is -1.82. The zero-order valence-corrected chi connectivity index (χ0v) is 7.34. The van der Waals surface area contributed by atoms with Crippen LogP contribution in [0.3, 0.4) is 0 Å². The fourth-order valence-electron chi connectivity index (χ4n) is 0.785. The molecule has 0 aliphatic carbocycles. The second-order valence-corrected chi connectivity index (χ2v) is 2.35. The number of isothiocyanates is 1. The predicted octanol–water partition coefficient (Wildman–Crippen LogP) is 2.48. The molecule has 0 bridgehead atoms. The summed E-state index contributed by atoms with van der Waals surface area (Å²) in [5.74, 6) is -0.438. The van der Waals surface area contributed by atoms with Gasteiger partial charge in [0.2, 0.25) is 0 Å². The van der Waals surface area contributed by atoms with E-state index < -0.39 is 5.91 Å². The van der Waals surface area contributed by atoms with Gasteiger partial charge in [0.05, 0.1) is 11.7 Å². The number of carbonyl (C=O) groups excluding carboxylic acids is 1. The maximum absolute atomic E-state index is 11.1. The summed E-state index contributed by atoms with van der Waals surface area (Å²) in [6.45, 7) is 6.69. The second-order valence-electron chi connectivity index (χ2n) is 2.17. The van der Waals surface area contributed by atoms with Crippen molar-refractivity contribution in [1.82, 2.24) is 0 Å². The van der Waals surface area contributed by atoms with Crippen LogP contribution in [0.2, 0.25) is 0 Å². The van der Waals surface area contributed by atoms with Crippen molar-refractivity contribution in [3.8, 4) is 0 Å². The van der Waals surface area contributed by atoms with Gasteiger partial charge in [-0.3, -0.25) is 4.79 Å². The Kier molecular flexibility index (Phi) is 3.04. The van der Waals surface area contributed by atoms with Crippen LogP contribution >= 0.6 is 12.2 Å². The van der Waals surface area contributed by atoms with Crippen molar-refractivity contribution >= 4 is 29.0 Å². The molecule has 0 aliphatic heterocycles. The van der Waals surface area contributed by atoms with Crippen molar-refractivity contribution < 1.29 is 4.79 Å². The Balaban J connectivity index is 3.00. The van der Waals surface area contributed by atoms with E-state index in [1.54, 1.807) is 12.1 Å². The van der Waals surface area contributed by atoms with Gasteiger partial charge in [0.1, 0.15) is 0 Å². The zero-order valence-electron chi connectivity index (χ0n) is 6.52. The average Bonchev–Trinajstić information content (AvgIpc) is 2.18. The van der Waals surface area contributed by atoms with Gasteiger partial charge in [-0.05, 0) is 12.2 Å². The highest BCUT2D eigenvalue weighted by Crippen LogP contribution is 2.12. The van der Waals surface area contributed by atoms with Gasteiger partial charge in [-0.15, -0.1) is 0 Å². The minimum atomic E-state index is -0.438. The van der Waals surface area contributed by atoms with Crippen molar-refractivity contribution in [2.45, 2.75) is 0 Å². The van der Waals surface area contributed by atoms with E-state index >= 15 is 0 Å². The Morgan fingerprint density at radius 3 is 2.54 bits per heavy atom. The minimum absolute atomic E-state index is 0.407. The number of amides is 1. The summed E-state index contributed by atoms with van der Waals surface area (Å²) in [7, 11) is 0. The number of thiocarbonyl (C=S) groups is 1. The third kappa shape index (κ3) is 2.31. The average molecular weight is 188 g/mol. The topological polar surface area (TPSA) is 33.8 Å². The molecule has 0 radical (unpaired) electrons. The van der Waals surface area contributed by atoms with Gasteiger partial charge in [-0.25, -0.2) is 4.85 Å². The first-order valence-corrected chi connectivity index (χ1v) is 3.78. The zero-order chi connectivity index (χ0) is 9.68. The Labute approximate surface area is 80.5 Å². The van der Waals surface area contributed by atoms with Crippen molar-refractivity contribution in [3.63, 3.8) is 0 Å². The standard InChI is InChI=1S/C9H4N2OS/c1-10-8-4-2-7(3-5-8)9(12)11-6-13/h2-5H. The first kappa shape index (κ1) is 9.27. The van der Waals surface area contributed by atoms with Crippen molar-refractivity contribution in [1.29, 1.82) is 0 Å². The van der Waals surface area contributed by atoms with Crippen LogP contribution in [-0.2, 0) is 0 Å². The molecule has 0 saturated carbocycles. The molecule has 13 heavy (non-hydrogen) atoms. The lowest BCUT2D eigenvalue weighted by molar-refractivity contribution is 0.100. The number of carbonyl (C=O) groups is 1. The number of rotatable bonds is 1. The van der Waals surface area contributed by atoms with Crippen LogP contribution in [0.5, 0.6) is 0 Å². The minimum Gasteiger partial charge on any atom is -0.266 e. The van der Waals surface area contributed by atoms with E-state index in [0.717, 1.165) is 0 Å². The Bertz CT molecular complexity index is 410. The molecular weight excluding hydrogens is 184 g/mol. The van der Waals surface area contributed by atoms with Gasteiger partial charge in [-0.2, -0.15) is 4.99 Å². The number of hydrogen-bond donors (Lipinski definition) is 0. The number of aliphatic imine (C=N–C) groups is 1. The van der Waals surface area contributed by atoms with Crippen molar-refractivity contribution in [2.75, 3.05) is 0 Å². The molecule has 62 valence electrons. The first-order chi connectivity index (χ1) is 6.27. The summed E-state index contributed by atoms with van der Waals surface area (Å²) in [5, 5.41) is 1.99. The molecule has 1 rings (SSSR count). The number of benzene rings is 1. The van der Waals surface area contributed by atoms with Gasteiger partial charge in [0, 0.05) is 5.56 Å². The molecule has 3 nitrogen and oxygen atoms in total. The third-order valence-corrected chi connectivity index (χ3v) is 1.48. The van der Waals surface area contributed by atoms with Crippen molar-refractivity contribution in [2.24, 2.45) is 4.99 Å². The summed E-state index contributed by atoms with van der Waals surface area (Å²) in [6.07, 6.45) is 0. The molecule has 1 aromatic carbocycles. The monoisotopic (exact) mass is 188 g/mol. The Morgan fingerprint density at radius 1 is 1.46 bits per heavy atom. The van der Waals surface area contributed by atoms with Crippen LogP contribution in [0.15, 0.2) is 29.3 Å². The highest BCUT2D eigenvalue weighted by atomic mass is 32.1. The molecule has 0 unspecified atom stereocenters. The van der Waals surface area contributed by atoms with Gasteiger partial charge < -0.3 is 0 Å². The summed E-state index contributed by atoms with van der Waals surface area (Å²) in [5.41, 5.74) is 0.896. The molecule has 1 amide bonds. The van der Waals surface area contributed by atoms with Crippen LogP contribution in [0, 0.1) is 6.57 Å². The lowest BCUT2D eigenvalue weighted by Crippen LogP contribution is -1.92. The molecule has 0 spiro atoms. The summed E-state index contributed by atoms with van der Waals surface area (Å²) in [6, 6.07) is 6.18. The molecule has 4 heteroatoms. The highest BCUT2D eigenvalue weighted by molar-refractivity contribution is 7.78. The van der Waals surface area contributed by atoms with Gasteiger partial charge in [0.25, 0.3) is 5.91 Å². The molecular formula is C9H4N2OS. The predicted molar refractivity (Wildman–Crippen MR) is 52.1 cm³/mol. The quantitative estimate of drug-likeness (QED) is 0.385. The highest BCUT2D eigenvalue weighted by Gasteiger charge is 2.01. The van der Waals surface area contributed by atoms with E-state index in [4.69, 9.17) is 6.57 Å². The molecule has 0 aliphatic rings. The smallest absolute Gasteiger partial charge is 0.266 e. The summed E-state index contributed by atoms with van der Waals surface area (Å²) in [4.78, 5) is 17.6. The van der Waals surface area contributed by atoms with E-state index in [9.17, 15) is 4.79 Å². The van der Waals surface area contributed by atoms with Crippen LogP contribution in [0.1, 0.15) is 10.4 Å². The maximum Gasteiger partial charge on any atom is 0.285 e. The lowest BCUT2D eigenvalue weighted by atomic mass is 10.2. The maximum atomic E-state index is 11.1. The van der Waals surface area contributed by atoms with Crippen LogP contribution in [0.25, 0.3) is 4.85 Å². The second kappa shape index (κ2) is 4.27. The van der Waals surface area contributed by atoms with Gasteiger partial charge >= 0.3 is 0 Å². The molecule has 0 fully saturated rings. The SMILES string of the molecule is [C-]#[N+]c1ccc(C(=O)N=C=S)cc1. The molecule has 0 heterocycles. The third-order valence-electron chi connectivity index (χ3n) is 1.39. The van der Waals surface area contributed by atoms with E-state index in [0.29, 0.717) is 11.3 Å². The Morgan fingerprint density at radius 2 is 2.08 bits per heavy atom. The lowest BCUT2D eigenvalue weighted by Gasteiger charge is -1.92. The summed E-state index contributed by atoms with van der Waals surface area (Å²) >= 11 is 4.29. The molecule has 0 saturated heterocycles. The number of hydrogen-bond acceptors (Lipinski definition) is 2. The fraction of sp³-hybridized carbons (Fsp3) is 0. The molecule has 0 atom stereocenters. The van der Waals surface area contributed by atoms with Crippen LogP contribution in [0.4, 0.5) is 5.69 Å². The normalized spacial score (nSPS) is 8.23.